The Kier molecular flexibility index (Phi) is 5.73. The van der Waals surface area contributed by atoms with E-state index in [4.69, 9.17) is 4.74 Å². The van der Waals surface area contributed by atoms with Crippen molar-refractivity contribution in [1.29, 1.82) is 0 Å². The van der Waals surface area contributed by atoms with Gasteiger partial charge in [-0.1, -0.05) is 42.6 Å². The van der Waals surface area contributed by atoms with Crippen molar-refractivity contribution in [1.82, 2.24) is 0 Å². The lowest BCUT2D eigenvalue weighted by molar-refractivity contribution is 0.00929. The van der Waals surface area contributed by atoms with Crippen molar-refractivity contribution in [3.05, 3.63) is 28.2 Å². The molecule has 1 aromatic rings. The average Bonchev–Trinajstić information content (AvgIpc) is 2.89. The lowest BCUT2D eigenvalue weighted by Crippen LogP contribution is -2.28. The summed E-state index contributed by atoms with van der Waals surface area (Å²) in [5.41, 5.74) is 0.953. The molecular weight excluding hydrogens is 328 g/mol. The highest BCUT2D eigenvalue weighted by atomic mass is 79.9. The van der Waals surface area contributed by atoms with Crippen molar-refractivity contribution in [2.24, 2.45) is 11.3 Å². The molecule has 2 rings (SSSR count). The first-order chi connectivity index (χ1) is 9.98. The van der Waals surface area contributed by atoms with Crippen LogP contribution in [0.3, 0.4) is 0 Å². The van der Waals surface area contributed by atoms with Gasteiger partial charge in [0, 0.05) is 15.5 Å². The molecule has 0 spiro atoms. The van der Waals surface area contributed by atoms with E-state index in [0.29, 0.717) is 12.5 Å². The lowest BCUT2D eigenvalue weighted by Gasteiger charge is -2.37. The second-order valence-corrected chi connectivity index (χ2v) is 7.60. The van der Waals surface area contributed by atoms with Crippen molar-refractivity contribution >= 4 is 15.9 Å². The first kappa shape index (κ1) is 16.8. The number of ether oxygens (including phenoxy) is 1. The Bertz CT molecular complexity index is 464. The Labute approximate surface area is 137 Å². The number of benzene rings is 1. The largest absolute Gasteiger partial charge is 0.493 e. The summed E-state index contributed by atoms with van der Waals surface area (Å²) in [6.07, 6.45) is 5.31. The third-order valence-corrected chi connectivity index (χ3v) is 5.05. The maximum absolute atomic E-state index is 11.2. The van der Waals surface area contributed by atoms with Crippen molar-refractivity contribution in [3.63, 3.8) is 0 Å². The Balaban J connectivity index is 2.36. The highest BCUT2D eigenvalue weighted by molar-refractivity contribution is 9.10. The van der Waals surface area contributed by atoms with Gasteiger partial charge in [-0.2, -0.15) is 0 Å². The van der Waals surface area contributed by atoms with Gasteiger partial charge in [0.15, 0.2) is 0 Å². The summed E-state index contributed by atoms with van der Waals surface area (Å²) in [7, 11) is 0. The number of hydrogen-bond acceptors (Lipinski definition) is 2. The average molecular weight is 355 g/mol. The zero-order valence-corrected chi connectivity index (χ0v) is 14.9. The molecule has 1 unspecified atom stereocenters. The van der Waals surface area contributed by atoms with Crippen LogP contribution >= 0.6 is 15.9 Å². The van der Waals surface area contributed by atoms with E-state index >= 15 is 0 Å². The van der Waals surface area contributed by atoms with Gasteiger partial charge in [0.05, 0.1) is 12.7 Å². The Morgan fingerprint density at radius 1 is 1.29 bits per heavy atom. The second-order valence-electron chi connectivity index (χ2n) is 6.69. The topological polar surface area (TPSA) is 29.5 Å². The molecule has 0 saturated heterocycles. The van der Waals surface area contributed by atoms with Crippen LogP contribution in [0.15, 0.2) is 22.7 Å². The van der Waals surface area contributed by atoms with Crippen molar-refractivity contribution in [3.8, 4) is 5.75 Å². The molecule has 1 N–H and O–H groups in total. The minimum atomic E-state index is -0.443. The molecule has 0 bridgehead atoms. The van der Waals surface area contributed by atoms with Crippen LogP contribution < -0.4 is 4.74 Å². The van der Waals surface area contributed by atoms with E-state index in [1.165, 1.54) is 12.8 Å². The Morgan fingerprint density at radius 3 is 2.52 bits per heavy atom. The van der Waals surface area contributed by atoms with Gasteiger partial charge in [0.1, 0.15) is 5.75 Å². The van der Waals surface area contributed by atoms with E-state index in [-0.39, 0.29) is 5.41 Å². The zero-order valence-electron chi connectivity index (χ0n) is 13.4. The van der Waals surface area contributed by atoms with Crippen LogP contribution in [0.4, 0.5) is 0 Å². The number of hydrogen-bond donors (Lipinski definition) is 1. The molecular formula is C18H27BrO2. The smallest absolute Gasteiger partial charge is 0.125 e. The van der Waals surface area contributed by atoms with Gasteiger partial charge in [-0.05, 0) is 50.3 Å². The molecule has 1 aromatic carbocycles. The fraction of sp³-hybridized carbons (Fsp3) is 0.667. The number of rotatable bonds is 6. The predicted molar refractivity (Wildman–Crippen MR) is 90.6 cm³/mol. The zero-order chi connectivity index (χ0) is 15.5. The molecule has 0 aliphatic heterocycles. The van der Waals surface area contributed by atoms with Crippen LogP contribution in [-0.2, 0) is 0 Å². The summed E-state index contributed by atoms with van der Waals surface area (Å²) in [4.78, 5) is 0. The fourth-order valence-electron chi connectivity index (χ4n) is 3.83. The molecule has 3 heteroatoms. The van der Waals surface area contributed by atoms with E-state index in [0.717, 1.165) is 35.0 Å². The molecule has 21 heavy (non-hydrogen) atoms. The molecule has 1 aliphatic rings. The van der Waals surface area contributed by atoms with E-state index in [1.807, 2.05) is 25.1 Å². The van der Waals surface area contributed by atoms with E-state index < -0.39 is 6.10 Å². The van der Waals surface area contributed by atoms with Gasteiger partial charge < -0.3 is 9.84 Å². The molecule has 2 nitrogen and oxygen atoms in total. The van der Waals surface area contributed by atoms with Crippen molar-refractivity contribution in [2.75, 3.05) is 6.61 Å². The normalized spacial score (nSPS) is 19.0. The molecule has 0 amide bonds. The van der Waals surface area contributed by atoms with Gasteiger partial charge in [0.2, 0.25) is 0 Å². The maximum Gasteiger partial charge on any atom is 0.125 e. The van der Waals surface area contributed by atoms with Crippen molar-refractivity contribution in [2.45, 2.75) is 59.0 Å². The maximum atomic E-state index is 11.2. The van der Waals surface area contributed by atoms with Crippen LogP contribution in [0.5, 0.6) is 5.75 Å². The second kappa shape index (κ2) is 7.15. The third kappa shape index (κ3) is 3.81. The van der Waals surface area contributed by atoms with Gasteiger partial charge in [-0.25, -0.2) is 0 Å². The molecule has 1 aliphatic carbocycles. The molecule has 0 heterocycles. The first-order valence-electron chi connectivity index (χ1n) is 8.09. The number of aliphatic hydroxyl groups is 1. The number of halogens is 1. The molecule has 0 radical (unpaired) electrons. The van der Waals surface area contributed by atoms with E-state index in [2.05, 4.69) is 29.8 Å². The quantitative estimate of drug-likeness (QED) is 0.731. The Morgan fingerprint density at radius 2 is 1.95 bits per heavy atom. The lowest BCUT2D eigenvalue weighted by atomic mass is 9.72. The third-order valence-electron chi connectivity index (χ3n) is 4.56. The summed E-state index contributed by atoms with van der Waals surface area (Å²) in [6.45, 7) is 7.10. The molecule has 0 aromatic heterocycles. The van der Waals surface area contributed by atoms with Gasteiger partial charge >= 0.3 is 0 Å². The van der Waals surface area contributed by atoms with Gasteiger partial charge in [-0.15, -0.1) is 0 Å². The van der Waals surface area contributed by atoms with Crippen LogP contribution in [-0.4, -0.2) is 11.7 Å². The standard InChI is InChI=1S/C18H27BrO2/c1-4-21-16-8-7-14(19)11-15(16)17(20)18(12-13(2)3)9-5-6-10-18/h7-8,11,13,17,20H,4-6,9-10,12H2,1-3H3. The summed E-state index contributed by atoms with van der Waals surface area (Å²) in [5, 5.41) is 11.2. The summed E-state index contributed by atoms with van der Waals surface area (Å²) in [6, 6.07) is 5.96. The van der Waals surface area contributed by atoms with Gasteiger partial charge in [0.25, 0.3) is 0 Å². The van der Waals surface area contributed by atoms with E-state index in [1.54, 1.807) is 0 Å². The summed E-state index contributed by atoms with van der Waals surface area (Å²) < 4.78 is 6.74. The van der Waals surface area contributed by atoms with Crippen molar-refractivity contribution < 1.29 is 9.84 Å². The molecule has 118 valence electrons. The summed E-state index contributed by atoms with van der Waals surface area (Å²) in [5.74, 6) is 1.42. The van der Waals surface area contributed by atoms with Crippen LogP contribution in [0.25, 0.3) is 0 Å². The van der Waals surface area contributed by atoms with Gasteiger partial charge in [-0.3, -0.25) is 0 Å². The minimum absolute atomic E-state index is 0.0147. The number of aliphatic hydroxyl groups excluding tert-OH is 1. The SMILES string of the molecule is CCOc1ccc(Br)cc1C(O)C1(CC(C)C)CCCC1. The van der Waals surface area contributed by atoms with E-state index in [9.17, 15) is 5.11 Å². The van der Waals surface area contributed by atoms with Crippen LogP contribution in [0.2, 0.25) is 0 Å². The highest BCUT2D eigenvalue weighted by Gasteiger charge is 2.42. The van der Waals surface area contributed by atoms with Crippen LogP contribution in [0, 0.1) is 11.3 Å². The molecule has 1 atom stereocenters. The predicted octanol–water partition coefficient (Wildman–Crippen LogP) is 5.49. The molecule has 1 fully saturated rings. The minimum Gasteiger partial charge on any atom is -0.493 e. The Hall–Kier alpha value is -0.540. The molecule has 1 saturated carbocycles. The highest BCUT2D eigenvalue weighted by Crippen LogP contribution is 2.53. The first-order valence-corrected chi connectivity index (χ1v) is 8.88. The van der Waals surface area contributed by atoms with Crippen LogP contribution in [0.1, 0.15) is 64.5 Å². The fourth-order valence-corrected chi connectivity index (χ4v) is 4.21. The monoisotopic (exact) mass is 354 g/mol. The summed E-state index contributed by atoms with van der Waals surface area (Å²) >= 11 is 3.53.